The maximum atomic E-state index is 4.88. The molecule has 0 aromatic rings. The van der Waals surface area contributed by atoms with Crippen LogP contribution in [0.25, 0.3) is 0 Å². The number of hydrogen-bond acceptors (Lipinski definition) is 4. The van der Waals surface area contributed by atoms with Crippen LogP contribution in [0.1, 0.15) is 34.1 Å². The van der Waals surface area contributed by atoms with Gasteiger partial charge in [-0.1, -0.05) is 38.0 Å². The highest BCUT2D eigenvalue weighted by Gasteiger charge is 2.49. The average molecular weight is 212 g/mol. The van der Waals surface area contributed by atoms with Gasteiger partial charge in [-0.2, -0.15) is 0 Å². The third-order valence-corrected chi connectivity index (χ3v) is 2.76. The van der Waals surface area contributed by atoms with Crippen LogP contribution in [0.5, 0.6) is 0 Å². The molecule has 4 heteroatoms. The first-order valence-corrected chi connectivity index (χ1v) is 5.09. The summed E-state index contributed by atoms with van der Waals surface area (Å²) in [5.41, 5.74) is 1.74. The minimum absolute atomic E-state index is 0.0170. The molecule has 0 N–H and O–H groups in total. The summed E-state index contributed by atoms with van der Waals surface area (Å²) in [6.45, 7) is 8.57. The summed E-state index contributed by atoms with van der Waals surface area (Å²) in [4.78, 5) is 9.77. The molecule has 86 valence electrons. The van der Waals surface area contributed by atoms with Crippen LogP contribution in [0.15, 0.2) is 10.3 Å². The van der Waals surface area contributed by atoms with Gasteiger partial charge in [-0.15, -0.1) is 0 Å². The Labute approximate surface area is 91.3 Å². The average Bonchev–Trinajstić information content (AvgIpc) is 2.23. The van der Waals surface area contributed by atoms with Crippen molar-refractivity contribution in [3.63, 3.8) is 0 Å². The lowest BCUT2D eigenvalue weighted by molar-refractivity contribution is 0.207. The summed E-state index contributed by atoms with van der Waals surface area (Å²) in [6.07, 6.45) is 0.990. The Balaban J connectivity index is 3.21. The summed E-state index contributed by atoms with van der Waals surface area (Å²) in [6, 6.07) is 0. The van der Waals surface area contributed by atoms with E-state index in [4.69, 9.17) is 9.68 Å². The van der Waals surface area contributed by atoms with Crippen molar-refractivity contribution in [3.05, 3.63) is 0 Å². The van der Waals surface area contributed by atoms with Gasteiger partial charge in [0.1, 0.15) is 25.6 Å². The van der Waals surface area contributed by atoms with E-state index in [-0.39, 0.29) is 10.8 Å². The zero-order valence-corrected chi connectivity index (χ0v) is 10.4. The normalized spacial score (nSPS) is 28.4. The van der Waals surface area contributed by atoms with Gasteiger partial charge in [0.25, 0.3) is 0 Å². The van der Waals surface area contributed by atoms with E-state index in [1.807, 2.05) is 0 Å². The fourth-order valence-corrected chi connectivity index (χ4v) is 2.43. The molecule has 0 aromatic heterocycles. The SMILES string of the molecule is CO/N=C1\C(=N/OC)C(C)(C)CC1(C)C. The predicted molar refractivity (Wildman–Crippen MR) is 61.1 cm³/mol. The largest absolute Gasteiger partial charge is 0.399 e. The molecule has 0 aromatic carbocycles. The molecule has 1 aliphatic carbocycles. The van der Waals surface area contributed by atoms with Crippen LogP contribution >= 0.6 is 0 Å². The molecule has 1 aliphatic rings. The first-order valence-electron chi connectivity index (χ1n) is 5.09. The van der Waals surface area contributed by atoms with Gasteiger partial charge in [0.2, 0.25) is 0 Å². The van der Waals surface area contributed by atoms with Crippen molar-refractivity contribution in [2.75, 3.05) is 14.2 Å². The van der Waals surface area contributed by atoms with E-state index in [0.29, 0.717) is 0 Å². The lowest BCUT2D eigenvalue weighted by Crippen LogP contribution is -2.25. The Morgan fingerprint density at radius 1 is 0.867 bits per heavy atom. The maximum absolute atomic E-state index is 4.88. The molecule has 0 amide bonds. The standard InChI is InChI=1S/C11H20N2O2/c1-10(2)7-11(3,4)9(13-15-6)8(10)12-14-5/h7H2,1-6H3/b12-8+,13-9+. The maximum Gasteiger partial charge on any atom is 0.111 e. The summed E-state index contributed by atoms with van der Waals surface area (Å²) in [5, 5.41) is 8.16. The Morgan fingerprint density at radius 2 is 1.20 bits per heavy atom. The van der Waals surface area contributed by atoms with Crippen LogP contribution in [-0.2, 0) is 9.68 Å². The molecular weight excluding hydrogens is 192 g/mol. The number of hydrogen-bond donors (Lipinski definition) is 0. The monoisotopic (exact) mass is 212 g/mol. The van der Waals surface area contributed by atoms with Gasteiger partial charge in [-0.25, -0.2) is 0 Å². The molecule has 4 nitrogen and oxygen atoms in total. The Kier molecular flexibility index (Phi) is 3.07. The predicted octanol–water partition coefficient (Wildman–Crippen LogP) is 2.45. The Morgan fingerprint density at radius 3 is 1.47 bits per heavy atom. The highest BCUT2D eigenvalue weighted by atomic mass is 16.6. The molecule has 0 spiro atoms. The van der Waals surface area contributed by atoms with Crippen molar-refractivity contribution in [2.45, 2.75) is 34.1 Å². The fraction of sp³-hybridized carbons (Fsp3) is 0.818. The van der Waals surface area contributed by atoms with E-state index >= 15 is 0 Å². The molecule has 0 radical (unpaired) electrons. The van der Waals surface area contributed by atoms with Crippen molar-refractivity contribution in [3.8, 4) is 0 Å². The summed E-state index contributed by atoms with van der Waals surface area (Å²) in [7, 11) is 3.11. The molecule has 15 heavy (non-hydrogen) atoms. The van der Waals surface area contributed by atoms with Crippen LogP contribution in [0.3, 0.4) is 0 Å². The van der Waals surface area contributed by atoms with Crippen molar-refractivity contribution >= 4 is 11.4 Å². The van der Waals surface area contributed by atoms with Crippen LogP contribution in [-0.4, -0.2) is 25.6 Å². The van der Waals surface area contributed by atoms with E-state index < -0.39 is 0 Å². The summed E-state index contributed by atoms with van der Waals surface area (Å²) in [5.74, 6) is 0. The second-order valence-corrected chi connectivity index (χ2v) is 5.19. The van der Waals surface area contributed by atoms with Crippen LogP contribution in [0, 0.1) is 10.8 Å². The van der Waals surface area contributed by atoms with E-state index in [9.17, 15) is 0 Å². The van der Waals surface area contributed by atoms with Crippen molar-refractivity contribution in [2.24, 2.45) is 21.1 Å². The van der Waals surface area contributed by atoms with Gasteiger partial charge in [-0.05, 0) is 6.42 Å². The highest BCUT2D eigenvalue weighted by Crippen LogP contribution is 2.45. The molecule has 0 aliphatic heterocycles. The summed E-state index contributed by atoms with van der Waals surface area (Å²) >= 11 is 0. The number of rotatable bonds is 2. The molecule has 1 fully saturated rings. The van der Waals surface area contributed by atoms with Gasteiger partial charge < -0.3 is 9.68 Å². The van der Waals surface area contributed by atoms with Crippen molar-refractivity contribution < 1.29 is 9.68 Å². The van der Waals surface area contributed by atoms with E-state index in [2.05, 4.69) is 38.0 Å². The molecular formula is C11H20N2O2. The van der Waals surface area contributed by atoms with E-state index in [0.717, 1.165) is 17.8 Å². The Hall–Kier alpha value is -1.06. The van der Waals surface area contributed by atoms with Crippen LogP contribution in [0.4, 0.5) is 0 Å². The molecule has 1 saturated carbocycles. The van der Waals surface area contributed by atoms with Crippen LogP contribution in [0.2, 0.25) is 0 Å². The fourth-order valence-electron chi connectivity index (χ4n) is 2.43. The minimum Gasteiger partial charge on any atom is -0.399 e. The Bertz CT molecular complexity index is 274. The minimum atomic E-state index is -0.0170. The number of nitrogens with zero attached hydrogens (tertiary/aromatic N) is 2. The molecule has 0 heterocycles. The van der Waals surface area contributed by atoms with Gasteiger partial charge in [0.05, 0.1) is 0 Å². The second kappa shape index (κ2) is 3.83. The molecule has 1 rings (SSSR count). The van der Waals surface area contributed by atoms with Crippen molar-refractivity contribution in [1.29, 1.82) is 0 Å². The molecule has 0 bridgehead atoms. The topological polar surface area (TPSA) is 43.2 Å². The van der Waals surface area contributed by atoms with Gasteiger partial charge in [0.15, 0.2) is 0 Å². The van der Waals surface area contributed by atoms with E-state index in [1.165, 1.54) is 0 Å². The third kappa shape index (κ3) is 2.13. The number of oxime groups is 2. The zero-order valence-electron chi connectivity index (χ0n) is 10.4. The van der Waals surface area contributed by atoms with Crippen molar-refractivity contribution in [1.82, 2.24) is 0 Å². The molecule has 0 saturated heterocycles. The van der Waals surface area contributed by atoms with Gasteiger partial charge in [-0.3, -0.25) is 0 Å². The quantitative estimate of drug-likeness (QED) is 0.660. The molecule has 0 atom stereocenters. The smallest absolute Gasteiger partial charge is 0.111 e. The third-order valence-electron chi connectivity index (χ3n) is 2.76. The van der Waals surface area contributed by atoms with Gasteiger partial charge >= 0.3 is 0 Å². The summed E-state index contributed by atoms with van der Waals surface area (Å²) < 4.78 is 0. The second-order valence-electron chi connectivity index (χ2n) is 5.19. The lowest BCUT2D eigenvalue weighted by Gasteiger charge is -2.19. The highest BCUT2D eigenvalue weighted by molar-refractivity contribution is 6.47. The molecule has 0 unspecified atom stereocenters. The van der Waals surface area contributed by atoms with E-state index in [1.54, 1.807) is 14.2 Å². The zero-order chi connectivity index (χ0) is 11.7. The van der Waals surface area contributed by atoms with Gasteiger partial charge in [0, 0.05) is 10.8 Å². The van der Waals surface area contributed by atoms with Crippen LogP contribution < -0.4 is 0 Å². The lowest BCUT2D eigenvalue weighted by atomic mass is 9.84. The first kappa shape index (κ1) is 12.0. The first-order chi connectivity index (χ1) is 6.85.